The molecule has 0 aromatic carbocycles. The Hall–Kier alpha value is -4.32. The van der Waals surface area contributed by atoms with E-state index in [1.807, 2.05) is 43.1 Å². The van der Waals surface area contributed by atoms with E-state index in [-0.39, 0.29) is 18.0 Å². The van der Waals surface area contributed by atoms with E-state index in [2.05, 4.69) is 30.5 Å². The molecule has 2 unspecified atom stereocenters. The average molecular weight is 529 g/mol. The minimum absolute atomic E-state index is 0.0136. The lowest BCUT2D eigenvalue weighted by atomic mass is 10.1. The van der Waals surface area contributed by atoms with Gasteiger partial charge in [0.1, 0.15) is 11.4 Å². The Balaban J connectivity index is 1.22. The zero-order valence-corrected chi connectivity index (χ0v) is 22.5. The molecular weight excluding hydrogens is 496 g/mol. The Morgan fingerprint density at radius 1 is 1.08 bits per heavy atom. The van der Waals surface area contributed by atoms with Gasteiger partial charge in [-0.25, -0.2) is 14.6 Å². The molecule has 2 saturated heterocycles. The first-order chi connectivity index (χ1) is 18.6. The third-order valence-corrected chi connectivity index (χ3v) is 7.24. The first-order valence-electron chi connectivity index (χ1n) is 13.1. The van der Waals surface area contributed by atoms with E-state index in [1.165, 1.54) is 0 Å². The van der Waals surface area contributed by atoms with Crippen molar-refractivity contribution in [2.24, 2.45) is 0 Å². The van der Waals surface area contributed by atoms with Crippen LogP contribution < -0.4 is 10.2 Å². The average Bonchev–Trinajstić information content (AvgIpc) is 3.59. The molecule has 2 atom stereocenters. The number of aromatic amines is 1. The first-order valence-corrected chi connectivity index (χ1v) is 13.1. The lowest BCUT2D eigenvalue weighted by Gasteiger charge is -2.41. The third kappa shape index (κ3) is 4.94. The summed E-state index contributed by atoms with van der Waals surface area (Å²) in [6.07, 6.45) is 7.12. The standard InChI is InChI=1S/C27H32N10O2/c1-16-11-29-36(13-16)24-8-5-18(12-28-24)25(38)37-19-6-7-20(37)15-35(14-19)26-30-21(27(3,4)39)10-22(32-26)31-23-9-17(2)33-34-23/h5,8-13,19-20,39H,6-7,14-15H2,1-4H3,(H2,30,31,32,33,34). The Labute approximate surface area is 226 Å². The number of hydrogen-bond donors (Lipinski definition) is 3. The van der Waals surface area contributed by atoms with Crippen LogP contribution in [0.3, 0.4) is 0 Å². The van der Waals surface area contributed by atoms with Crippen LogP contribution in [0.2, 0.25) is 0 Å². The smallest absolute Gasteiger partial charge is 0.256 e. The summed E-state index contributed by atoms with van der Waals surface area (Å²) in [7, 11) is 0. The van der Waals surface area contributed by atoms with Gasteiger partial charge in [-0.2, -0.15) is 15.2 Å². The molecule has 6 rings (SSSR count). The summed E-state index contributed by atoms with van der Waals surface area (Å²) in [5, 5.41) is 25.4. The molecule has 4 aromatic heterocycles. The fourth-order valence-corrected chi connectivity index (χ4v) is 5.30. The van der Waals surface area contributed by atoms with Gasteiger partial charge in [0.2, 0.25) is 5.95 Å². The molecule has 0 spiro atoms. The highest BCUT2D eigenvalue weighted by Gasteiger charge is 2.43. The predicted molar refractivity (Wildman–Crippen MR) is 145 cm³/mol. The van der Waals surface area contributed by atoms with Gasteiger partial charge >= 0.3 is 0 Å². The molecule has 4 aromatic rings. The fraction of sp³-hybridized carbons (Fsp3) is 0.407. The molecule has 2 fully saturated rings. The van der Waals surface area contributed by atoms with Crippen molar-refractivity contribution >= 4 is 23.5 Å². The SMILES string of the molecule is Cc1cnn(-c2ccc(C(=O)N3C4CCC3CN(c3nc(Nc5cc(C)[nH]n5)cc(C(C)(C)O)n3)C4)cn2)c1. The second kappa shape index (κ2) is 9.45. The van der Waals surface area contributed by atoms with E-state index >= 15 is 0 Å². The highest BCUT2D eigenvalue weighted by molar-refractivity contribution is 5.95. The van der Waals surface area contributed by atoms with Crippen molar-refractivity contribution in [1.29, 1.82) is 0 Å². The molecule has 12 nitrogen and oxygen atoms in total. The Bertz CT molecular complexity index is 1490. The zero-order chi connectivity index (χ0) is 27.3. The number of carbonyl (C=O) groups excluding carboxylic acids is 1. The topological polar surface area (TPSA) is 141 Å². The lowest BCUT2D eigenvalue weighted by Crippen LogP contribution is -2.56. The van der Waals surface area contributed by atoms with Crippen LogP contribution in [0, 0.1) is 13.8 Å². The van der Waals surface area contributed by atoms with Crippen molar-refractivity contribution in [1.82, 2.24) is 39.8 Å². The Morgan fingerprint density at radius 3 is 2.44 bits per heavy atom. The Kier molecular flexibility index (Phi) is 6.06. The molecule has 0 radical (unpaired) electrons. The van der Waals surface area contributed by atoms with E-state index in [0.29, 0.717) is 47.7 Å². The minimum Gasteiger partial charge on any atom is -0.384 e. The number of rotatable bonds is 6. The maximum atomic E-state index is 13.6. The molecule has 2 aliphatic rings. The summed E-state index contributed by atoms with van der Waals surface area (Å²) in [5.74, 6) is 2.37. The molecular formula is C27H32N10O2. The van der Waals surface area contributed by atoms with Gasteiger partial charge in [0.25, 0.3) is 5.91 Å². The van der Waals surface area contributed by atoms with Gasteiger partial charge in [-0.05, 0) is 58.2 Å². The van der Waals surface area contributed by atoms with Gasteiger partial charge in [0.15, 0.2) is 11.6 Å². The number of amides is 1. The van der Waals surface area contributed by atoms with E-state index in [4.69, 9.17) is 9.97 Å². The highest BCUT2D eigenvalue weighted by Crippen LogP contribution is 2.34. The summed E-state index contributed by atoms with van der Waals surface area (Å²) >= 11 is 0. The monoisotopic (exact) mass is 528 g/mol. The number of H-pyrrole nitrogens is 1. The van der Waals surface area contributed by atoms with Crippen molar-refractivity contribution in [2.45, 2.75) is 58.2 Å². The van der Waals surface area contributed by atoms with Gasteiger partial charge in [0.05, 0.1) is 29.5 Å². The van der Waals surface area contributed by atoms with E-state index in [0.717, 1.165) is 24.1 Å². The molecule has 0 aliphatic carbocycles. The summed E-state index contributed by atoms with van der Waals surface area (Å²) in [5.41, 5.74) is 1.89. The van der Waals surface area contributed by atoms with E-state index < -0.39 is 5.60 Å². The van der Waals surface area contributed by atoms with Gasteiger partial charge in [-0.3, -0.25) is 9.89 Å². The van der Waals surface area contributed by atoms with Crippen LogP contribution in [0.1, 0.15) is 54.0 Å². The molecule has 12 heteroatoms. The quantitative estimate of drug-likeness (QED) is 0.344. The van der Waals surface area contributed by atoms with Crippen molar-refractivity contribution in [3.05, 3.63) is 65.4 Å². The van der Waals surface area contributed by atoms with Crippen molar-refractivity contribution in [2.75, 3.05) is 23.3 Å². The van der Waals surface area contributed by atoms with Crippen LogP contribution in [-0.2, 0) is 5.60 Å². The first kappa shape index (κ1) is 25.0. The second-order valence-corrected chi connectivity index (χ2v) is 10.9. The van der Waals surface area contributed by atoms with Crippen LogP contribution in [0.15, 0.2) is 42.9 Å². The minimum atomic E-state index is -1.15. The van der Waals surface area contributed by atoms with Crippen LogP contribution >= 0.6 is 0 Å². The number of aromatic nitrogens is 7. The number of nitrogens with zero attached hydrogens (tertiary/aromatic N) is 8. The molecule has 2 bridgehead atoms. The summed E-state index contributed by atoms with van der Waals surface area (Å²) in [6, 6.07) is 7.33. The van der Waals surface area contributed by atoms with Crippen molar-refractivity contribution in [3.63, 3.8) is 0 Å². The number of nitrogens with one attached hydrogen (secondary N) is 2. The van der Waals surface area contributed by atoms with Gasteiger partial charge in [-0.15, -0.1) is 0 Å². The Morgan fingerprint density at radius 2 is 1.85 bits per heavy atom. The molecule has 2 aliphatic heterocycles. The van der Waals surface area contributed by atoms with Gasteiger partial charge in [-0.1, -0.05) is 0 Å². The summed E-state index contributed by atoms with van der Waals surface area (Å²) in [4.78, 5) is 31.6. The van der Waals surface area contributed by atoms with Gasteiger partial charge in [0, 0.05) is 43.3 Å². The maximum absolute atomic E-state index is 13.6. The van der Waals surface area contributed by atoms with E-state index in [9.17, 15) is 9.90 Å². The summed E-state index contributed by atoms with van der Waals surface area (Å²) < 4.78 is 1.70. The number of aryl methyl sites for hydroxylation is 2. The largest absolute Gasteiger partial charge is 0.384 e. The number of hydrogen-bond acceptors (Lipinski definition) is 9. The van der Waals surface area contributed by atoms with E-state index in [1.54, 1.807) is 37.0 Å². The normalized spacial score (nSPS) is 19.0. The van der Waals surface area contributed by atoms with Crippen LogP contribution in [0.5, 0.6) is 0 Å². The number of anilines is 3. The third-order valence-electron chi connectivity index (χ3n) is 7.24. The fourth-order valence-electron chi connectivity index (χ4n) is 5.30. The maximum Gasteiger partial charge on any atom is 0.256 e. The highest BCUT2D eigenvalue weighted by atomic mass is 16.3. The molecule has 202 valence electrons. The number of piperazine rings is 1. The van der Waals surface area contributed by atoms with Crippen molar-refractivity contribution < 1.29 is 9.90 Å². The van der Waals surface area contributed by atoms with Crippen LogP contribution in [0.25, 0.3) is 5.82 Å². The van der Waals surface area contributed by atoms with Crippen molar-refractivity contribution in [3.8, 4) is 5.82 Å². The number of fused-ring (bicyclic) bond motifs is 2. The number of pyridine rings is 1. The predicted octanol–water partition coefficient (Wildman–Crippen LogP) is 2.86. The molecule has 39 heavy (non-hydrogen) atoms. The zero-order valence-electron chi connectivity index (χ0n) is 22.5. The molecule has 6 heterocycles. The number of aliphatic hydroxyl groups is 1. The molecule has 1 amide bonds. The van der Waals surface area contributed by atoms with Crippen LogP contribution in [-0.4, -0.2) is 76.0 Å². The number of carbonyl (C=O) groups is 1. The van der Waals surface area contributed by atoms with Crippen LogP contribution in [0.4, 0.5) is 17.6 Å². The second-order valence-electron chi connectivity index (χ2n) is 10.9. The van der Waals surface area contributed by atoms with Gasteiger partial charge < -0.3 is 20.2 Å². The summed E-state index contributed by atoms with van der Waals surface area (Å²) in [6.45, 7) is 8.52. The molecule has 0 saturated carbocycles. The lowest BCUT2D eigenvalue weighted by molar-refractivity contribution is 0.0639. The molecule has 3 N–H and O–H groups in total.